The molecule has 0 saturated carbocycles. The van der Waals surface area contributed by atoms with Gasteiger partial charge in [-0.15, -0.1) is 6.42 Å². The SMILES string of the molecule is C#CCNC(=O)N1CCOC(c2ccccc2Cl)C1. The van der Waals surface area contributed by atoms with Crippen LogP contribution in [0, 0.1) is 12.3 Å². The molecule has 1 aliphatic heterocycles. The molecule has 1 unspecified atom stereocenters. The fraction of sp³-hybridized carbons (Fsp3) is 0.357. The number of carbonyl (C=O) groups is 1. The van der Waals surface area contributed by atoms with E-state index in [1.165, 1.54) is 0 Å². The van der Waals surface area contributed by atoms with Crippen LogP contribution in [-0.2, 0) is 4.74 Å². The van der Waals surface area contributed by atoms with Crippen LogP contribution in [0.4, 0.5) is 4.79 Å². The lowest BCUT2D eigenvalue weighted by atomic mass is 10.1. The Morgan fingerprint density at radius 3 is 3.11 bits per heavy atom. The molecule has 0 aromatic heterocycles. The largest absolute Gasteiger partial charge is 0.370 e. The second-order valence-corrected chi connectivity index (χ2v) is 4.60. The van der Waals surface area contributed by atoms with Crippen molar-refractivity contribution in [1.29, 1.82) is 0 Å². The van der Waals surface area contributed by atoms with E-state index in [4.69, 9.17) is 22.8 Å². The van der Waals surface area contributed by atoms with Crippen molar-refractivity contribution >= 4 is 17.6 Å². The molecule has 19 heavy (non-hydrogen) atoms. The molecule has 1 atom stereocenters. The van der Waals surface area contributed by atoms with Gasteiger partial charge < -0.3 is 15.0 Å². The Hall–Kier alpha value is -1.70. The number of halogens is 1. The summed E-state index contributed by atoms with van der Waals surface area (Å²) in [5.74, 6) is 2.38. The fourth-order valence-electron chi connectivity index (χ4n) is 2.00. The summed E-state index contributed by atoms with van der Waals surface area (Å²) in [5, 5.41) is 3.30. The lowest BCUT2D eigenvalue weighted by Crippen LogP contribution is -2.47. The van der Waals surface area contributed by atoms with E-state index in [9.17, 15) is 4.79 Å². The standard InChI is InChI=1S/C14H15ClN2O2/c1-2-7-16-14(18)17-8-9-19-13(10-17)11-5-3-4-6-12(11)15/h1,3-6,13H,7-10H2,(H,16,18). The van der Waals surface area contributed by atoms with Gasteiger partial charge in [0.25, 0.3) is 0 Å². The minimum absolute atomic E-state index is 0.168. The number of ether oxygens (including phenoxy) is 1. The Kier molecular flexibility index (Phi) is 4.67. The van der Waals surface area contributed by atoms with Crippen LogP contribution in [0.5, 0.6) is 0 Å². The zero-order valence-corrected chi connectivity index (χ0v) is 11.2. The summed E-state index contributed by atoms with van der Waals surface area (Å²) < 4.78 is 5.68. The van der Waals surface area contributed by atoms with Crippen molar-refractivity contribution in [1.82, 2.24) is 10.2 Å². The van der Waals surface area contributed by atoms with Crippen LogP contribution in [0.3, 0.4) is 0 Å². The highest BCUT2D eigenvalue weighted by atomic mass is 35.5. The van der Waals surface area contributed by atoms with Gasteiger partial charge in [0.05, 0.1) is 19.7 Å². The maximum absolute atomic E-state index is 11.8. The maximum Gasteiger partial charge on any atom is 0.318 e. The number of benzene rings is 1. The van der Waals surface area contributed by atoms with E-state index in [1.807, 2.05) is 24.3 Å². The van der Waals surface area contributed by atoms with Gasteiger partial charge >= 0.3 is 6.03 Å². The van der Waals surface area contributed by atoms with Crippen LogP contribution in [0.2, 0.25) is 5.02 Å². The average Bonchev–Trinajstić information content (AvgIpc) is 2.45. The first-order chi connectivity index (χ1) is 9.22. The molecule has 4 nitrogen and oxygen atoms in total. The number of carbonyl (C=O) groups excluding carboxylic acids is 1. The minimum Gasteiger partial charge on any atom is -0.370 e. The number of nitrogens with zero attached hydrogens (tertiary/aromatic N) is 1. The number of urea groups is 1. The molecular weight excluding hydrogens is 264 g/mol. The quantitative estimate of drug-likeness (QED) is 0.842. The summed E-state index contributed by atoms with van der Waals surface area (Å²) in [5.41, 5.74) is 0.901. The van der Waals surface area contributed by atoms with E-state index >= 15 is 0 Å². The summed E-state index contributed by atoms with van der Waals surface area (Å²) >= 11 is 6.14. The molecule has 1 aliphatic rings. The van der Waals surface area contributed by atoms with Crippen LogP contribution < -0.4 is 5.32 Å². The first-order valence-electron chi connectivity index (χ1n) is 6.04. The molecule has 0 radical (unpaired) electrons. The van der Waals surface area contributed by atoms with Gasteiger partial charge in [0.1, 0.15) is 6.10 Å². The molecule has 1 aromatic rings. The predicted molar refractivity (Wildman–Crippen MR) is 73.9 cm³/mol. The molecule has 1 N–H and O–H groups in total. The number of hydrogen-bond donors (Lipinski definition) is 1. The number of terminal acetylenes is 1. The molecule has 5 heteroatoms. The minimum atomic E-state index is -0.195. The van der Waals surface area contributed by atoms with E-state index in [0.29, 0.717) is 24.7 Å². The number of nitrogens with one attached hydrogen (secondary N) is 1. The highest BCUT2D eigenvalue weighted by Gasteiger charge is 2.26. The lowest BCUT2D eigenvalue weighted by Gasteiger charge is -2.33. The van der Waals surface area contributed by atoms with Crippen molar-refractivity contribution in [2.75, 3.05) is 26.2 Å². The molecule has 0 aliphatic carbocycles. The van der Waals surface area contributed by atoms with Crippen molar-refractivity contribution < 1.29 is 9.53 Å². The Morgan fingerprint density at radius 2 is 2.37 bits per heavy atom. The number of morpholine rings is 1. The van der Waals surface area contributed by atoms with Crippen LogP contribution in [0.1, 0.15) is 11.7 Å². The Labute approximate surface area is 117 Å². The molecule has 100 valence electrons. The fourth-order valence-corrected chi connectivity index (χ4v) is 2.25. The Balaban J connectivity index is 2.03. The van der Waals surface area contributed by atoms with Crippen LogP contribution in [0.25, 0.3) is 0 Å². The van der Waals surface area contributed by atoms with Gasteiger partial charge in [0.2, 0.25) is 0 Å². The van der Waals surface area contributed by atoms with Gasteiger partial charge in [-0.3, -0.25) is 0 Å². The highest BCUT2D eigenvalue weighted by molar-refractivity contribution is 6.31. The zero-order valence-electron chi connectivity index (χ0n) is 10.4. The van der Waals surface area contributed by atoms with E-state index in [-0.39, 0.29) is 18.7 Å². The molecule has 1 saturated heterocycles. The monoisotopic (exact) mass is 278 g/mol. The van der Waals surface area contributed by atoms with Crippen LogP contribution >= 0.6 is 11.6 Å². The van der Waals surface area contributed by atoms with Gasteiger partial charge in [0, 0.05) is 17.1 Å². The highest BCUT2D eigenvalue weighted by Crippen LogP contribution is 2.28. The average molecular weight is 279 g/mol. The third-order valence-electron chi connectivity index (χ3n) is 2.95. The third kappa shape index (κ3) is 3.40. The number of amides is 2. The number of rotatable bonds is 2. The Morgan fingerprint density at radius 1 is 1.58 bits per heavy atom. The first kappa shape index (κ1) is 13.7. The van der Waals surface area contributed by atoms with Crippen molar-refractivity contribution in [2.24, 2.45) is 0 Å². The van der Waals surface area contributed by atoms with E-state index in [2.05, 4.69) is 11.2 Å². The van der Waals surface area contributed by atoms with Crippen molar-refractivity contribution in [3.05, 3.63) is 34.9 Å². The molecular formula is C14H15ClN2O2. The van der Waals surface area contributed by atoms with E-state index < -0.39 is 0 Å². The molecule has 0 spiro atoms. The van der Waals surface area contributed by atoms with Gasteiger partial charge in [-0.1, -0.05) is 35.7 Å². The zero-order chi connectivity index (χ0) is 13.7. The van der Waals surface area contributed by atoms with E-state index in [0.717, 1.165) is 5.56 Å². The van der Waals surface area contributed by atoms with Gasteiger partial charge in [0.15, 0.2) is 0 Å². The summed E-state index contributed by atoms with van der Waals surface area (Å²) in [7, 11) is 0. The van der Waals surface area contributed by atoms with Crippen molar-refractivity contribution in [3.63, 3.8) is 0 Å². The summed E-state index contributed by atoms with van der Waals surface area (Å²) in [6, 6.07) is 7.33. The summed E-state index contributed by atoms with van der Waals surface area (Å²) in [6.45, 7) is 1.74. The van der Waals surface area contributed by atoms with Gasteiger partial charge in [-0.05, 0) is 6.07 Å². The first-order valence-corrected chi connectivity index (χ1v) is 6.42. The molecule has 1 fully saturated rings. The second kappa shape index (κ2) is 6.46. The lowest BCUT2D eigenvalue weighted by molar-refractivity contribution is -0.0152. The maximum atomic E-state index is 11.8. The van der Waals surface area contributed by atoms with Crippen molar-refractivity contribution in [2.45, 2.75) is 6.10 Å². The predicted octanol–water partition coefficient (Wildman–Crippen LogP) is 2.06. The number of hydrogen-bond acceptors (Lipinski definition) is 2. The third-order valence-corrected chi connectivity index (χ3v) is 3.29. The van der Waals surface area contributed by atoms with Gasteiger partial charge in [-0.2, -0.15) is 0 Å². The van der Waals surface area contributed by atoms with Crippen LogP contribution in [0.15, 0.2) is 24.3 Å². The summed E-state index contributed by atoms with van der Waals surface area (Å²) in [4.78, 5) is 13.5. The topological polar surface area (TPSA) is 41.6 Å². The van der Waals surface area contributed by atoms with E-state index in [1.54, 1.807) is 4.90 Å². The van der Waals surface area contributed by atoms with Gasteiger partial charge in [-0.25, -0.2) is 4.79 Å². The smallest absolute Gasteiger partial charge is 0.318 e. The molecule has 0 bridgehead atoms. The Bertz CT molecular complexity index is 498. The normalized spacial score (nSPS) is 18.7. The van der Waals surface area contributed by atoms with Crippen molar-refractivity contribution in [3.8, 4) is 12.3 Å². The molecule has 1 heterocycles. The molecule has 1 aromatic carbocycles. The molecule has 2 rings (SSSR count). The second-order valence-electron chi connectivity index (χ2n) is 4.19. The summed E-state index contributed by atoms with van der Waals surface area (Å²) in [6.07, 6.45) is 4.92. The van der Waals surface area contributed by atoms with Crippen LogP contribution in [-0.4, -0.2) is 37.2 Å². The molecule has 2 amide bonds.